The van der Waals surface area contributed by atoms with Crippen LogP contribution in [0.15, 0.2) is 12.1 Å². The Labute approximate surface area is 124 Å². The number of thioether (sulfide) groups is 2. The molecule has 3 atom stereocenters. The van der Waals surface area contributed by atoms with Gasteiger partial charge in [-0.3, -0.25) is 0 Å². The standard InChI is InChI=1S/C15H22FNS2/c1-9-7-10(2)13(12(16)8-9)14(17-4)15-11(3)18-5-6-19-15/h7-8,11,14-15,17H,5-6H2,1-4H3. The molecule has 0 aromatic heterocycles. The van der Waals surface area contributed by atoms with E-state index in [0.717, 1.165) is 22.4 Å². The average molecular weight is 299 g/mol. The van der Waals surface area contributed by atoms with Gasteiger partial charge >= 0.3 is 0 Å². The summed E-state index contributed by atoms with van der Waals surface area (Å²) in [5, 5.41) is 4.33. The number of hydrogen-bond donors (Lipinski definition) is 1. The van der Waals surface area contributed by atoms with E-state index in [4.69, 9.17) is 0 Å². The maximum Gasteiger partial charge on any atom is 0.128 e. The minimum atomic E-state index is -0.0692. The number of halogens is 1. The zero-order valence-electron chi connectivity index (χ0n) is 12.0. The van der Waals surface area contributed by atoms with Crippen molar-refractivity contribution in [2.75, 3.05) is 18.6 Å². The van der Waals surface area contributed by atoms with Crippen molar-refractivity contribution in [3.05, 3.63) is 34.6 Å². The molecule has 0 amide bonds. The number of hydrogen-bond acceptors (Lipinski definition) is 3. The van der Waals surface area contributed by atoms with Crippen LogP contribution in [0.25, 0.3) is 0 Å². The highest BCUT2D eigenvalue weighted by Gasteiger charge is 2.32. The van der Waals surface area contributed by atoms with E-state index in [1.54, 1.807) is 6.07 Å². The molecule has 1 heterocycles. The first-order valence-corrected chi connectivity index (χ1v) is 8.81. The molecule has 0 radical (unpaired) electrons. The molecule has 1 aromatic carbocycles. The number of rotatable bonds is 3. The first-order chi connectivity index (χ1) is 9.04. The van der Waals surface area contributed by atoms with Crippen LogP contribution in [0.5, 0.6) is 0 Å². The molecule has 1 N–H and O–H groups in total. The van der Waals surface area contributed by atoms with Crippen LogP contribution in [0.2, 0.25) is 0 Å². The van der Waals surface area contributed by atoms with E-state index in [1.807, 2.05) is 44.4 Å². The summed E-state index contributed by atoms with van der Waals surface area (Å²) in [6.07, 6.45) is 0. The van der Waals surface area contributed by atoms with Crippen molar-refractivity contribution < 1.29 is 4.39 Å². The zero-order chi connectivity index (χ0) is 14.0. The molecule has 106 valence electrons. The maximum atomic E-state index is 14.4. The smallest absolute Gasteiger partial charge is 0.128 e. The minimum absolute atomic E-state index is 0.0692. The van der Waals surface area contributed by atoms with Crippen LogP contribution in [-0.4, -0.2) is 29.1 Å². The highest BCUT2D eigenvalue weighted by Crippen LogP contribution is 2.40. The van der Waals surface area contributed by atoms with Gasteiger partial charge in [-0.05, 0) is 38.1 Å². The quantitative estimate of drug-likeness (QED) is 0.908. The average Bonchev–Trinajstić information content (AvgIpc) is 2.34. The first-order valence-electron chi connectivity index (χ1n) is 6.71. The van der Waals surface area contributed by atoms with Crippen molar-refractivity contribution in [2.24, 2.45) is 0 Å². The normalized spacial score (nSPS) is 25.3. The lowest BCUT2D eigenvalue weighted by atomic mass is 9.95. The summed E-state index contributed by atoms with van der Waals surface area (Å²) in [5.41, 5.74) is 2.90. The lowest BCUT2D eigenvalue weighted by molar-refractivity contribution is 0.513. The zero-order valence-corrected chi connectivity index (χ0v) is 13.6. The lowest BCUT2D eigenvalue weighted by Crippen LogP contribution is -2.37. The third kappa shape index (κ3) is 3.29. The summed E-state index contributed by atoms with van der Waals surface area (Å²) < 4.78 is 14.4. The molecule has 1 fully saturated rings. The maximum absolute atomic E-state index is 14.4. The molecule has 2 rings (SSSR count). The van der Waals surface area contributed by atoms with Crippen molar-refractivity contribution in [3.8, 4) is 0 Å². The van der Waals surface area contributed by atoms with E-state index in [0.29, 0.717) is 10.5 Å². The summed E-state index contributed by atoms with van der Waals surface area (Å²) in [7, 11) is 1.94. The van der Waals surface area contributed by atoms with Crippen LogP contribution in [0, 0.1) is 19.7 Å². The Hall–Kier alpha value is -0.190. The molecule has 1 aliphatic heterocycles. The van der Waals surface area contributed by atoms with Gasteiger partial charge in [0.2, 0.25) is 0 Å². The lowest BCUT2D eigenvalue weighted by Gasteiger charge is -2.35. The number of aryl methyl sites for hydroxylation is 2. The third-order valence-corrected chi connectivity index (χ3v) is 6.86. The van der Waals surface area contributed by atoms with Crippen LogP contribution in [0.1, 0.15) is 29.7 Å². The topological polar surface area (TPSA) is 12.0 Å². The molecule has 1 saturated heterocycles. The Bertz CT molecular complexity index is 427. The molecule has 0 spiro atoms. The predicted octanol–water partition coefficient (Wildman–Crippen LogP) is 3.94. The van der Waals surface area contributed by atoms with Gasteiger partial charge in [-0.1, -0.05) is 13.0 Å². The summed E-state index contributed by atoms with van der Waals surface area (Å²) in [6.45, 7) is 6.22. The van der Waals surface area contributed by atoms with E-state index in [-0.39, 0.29) is 11.9 Å². The van der Waals surface area contributed by atoms with E-state index in [2.05, 4.69) is 18.3 Å². The summed E-state index contributed by atoms with van der Waals surface area (Å²) in [6, 6.07) is 3.82. The van der Waals surface area contributed by atoms with Crippen molar-refractivity contribution in [1.29, 1.82) is 0 Å². The molecule has 3 unspecified atom stereocenters. The fourth-order valence-electron chi connectivity index (χ4n) is 2.81. The van der Waals surface area contributed by atoms with Gasteiger partial charge in [-0.2, -0.15) is 23.5 Å². The predicted molar refractivity (Wildman–Crippen MR) is 85.8 cm³/mol. The third-order valence-electron chi connectivity index (χ3n) is 3.67. The van der Waals surface area contributed by atoms with Gasteiger partial charge in [0, 0.05) is 33.6 Å². The molecule has 0 saturated carbocycles. The molecule has 1 nitrogen and oxygen atoms in total. The first kappa shape index (κ1) is 15.2. The Kier molecular flexibility index (Phi) is 5.21. The Morgan fingerprint density at radius 3 is 2.53 bits per heavy atom. The van der Waals surface area contributed by atoms with Crippen molar-refractivity contribution >= 4 is 23.5 Å². The minimum Gasteiger partial charge on any atom is -0.312 e. The molecular weight excluding hydrogens is 277 g/mol. The highest BCUT2D eigenvalue weighted by atomic mass is 32.2. The van der Waals surface area contributed by atoms with Gasteiger partial charge in [0.25, 0.3) is 0 Å². The fraction of sp³-hybridized carbons (Fsp3) is 0.600. The summed E-state index contributed by atoms with van der Waals surface area (Å²) >= 11 is 3.97. The Morgan fingerprint density at radius 2 is 1.95 bits per heavy atom. The van der Waals surface area contributed by atoms with Crippen LogP contribution < -0.4 is 5.32 Å². The second-order valence-electron chi connectivity index (χ2n) is 5.15. The van der Waals surface area contributed by atoms with E-state index < -0.39 is 0 Å². The molecule has 0 bridgehead atoms. The van der Waals surface area contributed by atoms with Crippen molar-refractivity contribution in [3.63, 3.8) is 0 Å². The van der Waals surface area contributed by atoms with Crippen LogP contribution in [0.3, 0.4) is 0 Å². The Balaban J connectivity index is 2.36. The van der Waals surface area contributed by atoms with Crippen molar-refractivity contribution in [2.45, 2.75) is 37.3 Å². The monoisotopic (exact) mass is 299 g/mol. The van der Waals surface area contributed by atoms with Gasteiger partial charge < -0.3 is 5.32 Å². The molecule has 0 aliphatic carbocycles. The van der Waals surface area contributed by atoms with Gasteiger partial charge in [0.15, 0.2) is 0 Å². The van der Waals surface area contributed by atoms with Gasteiger partial charge in [-0.25, -0.2) is 4.39 Å². The largest absolute Gasteiger partial charge is 0.312 e. The van der Waals surface area contributed by atoms with E-state index >= 15 is 0 Å². The van der Waals surface area contributed by atoms with Gasteiger partial charge in [-0.15, -0.1) is 0 Å². The number of nitrogens with one attached hydrogen (secondary N) is 1. The molecule has 1 aliphatic rings. The Morgan fingerprint density at radius 1 is 1.26 bits per heavy atom. The van der Waals surface area contributed by atoms with Crippen LogP contribution in [-0.2, 0) is 0 Å². The van der Waals surface area contributed by atoms with Crippen molar-refractivity contribution in [1.82, 2.24) is 5.32 Å². The second kappa shape index (κ2) is 6.51. The molecule has 1 aromatic rings. The highest BCUT2D eigenvalue weighted by molar-refractivity contribution is 8.07. The summed E-state index contributed by atoms with van der Waals surface area (Å²) in [4.78, 5) is 0. The van der Waals surface area contributed by atoms with Crippen LogP contribution in [0.4, 0.5) is 4.39 Å². The van der Waals surface area contributed by atoms with Crippen LogP contribution >= 0.6 is 23.5 Å². The molecule has 19 heavy (non-hydrogen) atoms. The van der Waals surface area contributed by atoms with E-state index in [1.165, 1.54) is 5.75 Å². The molecular formula is C15H22FNS2. The number of benzene rings is 1. The van der Waals surface area contributed by atoms with Gasteiger partial charge in [0.05, 0.1) is 0 Å². The second-order valence-corrected chi connectivity index (χ2v) is 7.93. The van der Waals surface area contributed by atoms with Gasteiger partial charge in [0.1, 0.15) is 5.82 Å². The summed E-state index contributed by atoms with van der Waals surface area (Å²) in [5.74, 6) is 2.29. The molecule has 4 heteroatoms. The fourth-order valence-corrected chi connectivity index (χ4v) is 5.78. The SMILES string of the molecule is CNC(c1c(C)cc(C)cc1F)C1SCCSC1C. The van der Waals surface area contributed by atoms with E-state index in [9.17, 15) is 4.39 Å².